The van der Waals surface area contributed by atoms with Crippen molar-refractivity contribution in [2.45, 2.75) is 17.6 Å². The molecule has 2 rings (SSSR count). The number of nitriles is 1. The molecule has 2 N–H and O–H groups in total. The van der Waals surface area contributed by atoms with Crippen LogP contribution in [-0.2, 0) is 5.75 Å². The van der Waals surface area contributed by atoms with Crippen LogP contribution in [0, 0.1) is 24.1 Å². The van der Waals surface area contributed by atoms with Crippen LogP contribution in [0.4, 0.5) is 10.1 Å². The average molecular weight is 272 g/mol. The maximum Gasteiger partial charge on any atom is 0.140 e. The van der Waals surface area contributed by atoms with Crippen molar-refractivity contribution in [2.24, 2.45) is 0 Å². The molecule has 0 atom stereocenters. The van der Waals surface area contributed by atoms with Gasteiger partial charge < -0.3 is 5.73 Å². The minimum absolute atomic E-state index is 0.0790. The third kappa shape index (κ3) is 3.27. The minimum atomic E-state index is -0.480. The first-order valence-corrected chi connectivity index (χ1v) is 6.76. The summed E-state index contributed by atoms with van der Waals surface area (Å²) < 4.78 is 13.2. The summed E-state index contributed by atoms with van der Waals surface area (Å²) in [5.74, 6) is 0.175. The number of hydrogen-bond acceptors (Lipinski definition) is 3. The summed E-state index contributed by atoms with van der Waals surface area (Å²) in [5.41, 5.74) is 8.77. The average Bonchev–Trinajstić information content (AvgIpc) is 2.41. The first-order chi connectivity index (χ1) is 9.10. The van der Waals surface area contributed by atoms with Crippen LogP contribution in [0.5, 0.6) is 0 Å². The van der Waals surface area contributed by atoms with Gasteiger partial charge in [-0.3, -0.25) is 0 Å². The molecule has 2 nitrogen and oxygen atoms in total. The molecule has 0 amide bonds. The topological polar surface area (TPSA) is 49.8 Å². The Morgan fingerprint density at radius 2 is 2.05 bits per heavy atom. The second kappa shape index (κ2) is 5.77. The van der Waals surface area contributed by atoms with Gasteiger partial charge in [0, 0.05) is 16.3 Å². The maximum absolute atomic E-state index is 13.2. The molecule has 19 heavy (non-hydrogen) atoms. The molecule has 0 aliphatic heterocycles. The quantitative estimate of drug-likeness (QED) is 0.681. The van der Waals surface area contributed by atoms with Gasteiger partial charge in [-0.25, -0.2) is 4.39 Å². The van der Waals surface area contributed by atoms with Gasteiger partial charge in [-0.05, 0) is 42.3 Å². The van der Waals surface area contributed by atoms with Crippen molar-refractivity contribution >= 4 is 17.4 Å². The zero-order valence-electron chi connectivity index (χ0n) is 10.5. The van der Waals surface area contributed by atoms with Gasteiger partial charge in [-0.1, -0.05) is 12.1 Å². The first kappa shape index (κ1) is 13.4. The molecule has 0 aromatic heterocycles. The Balaban J connectivity index is 2.15. The summed E-state index contributed by atoms with van der Waals surface area (Å²) in [6.07, 6.45) is 0. The number of aryl methyl sites for hydroxylation is 1. The van der Waals surface area contributed by atoms with E-state index in [1.165, 1.54) is 6.07 Å². The van der Waals surface area contributed by atoms with Gasteiger partial charge in [-0.15, -0.1) is 11.8 Å². The molecule has 0 saturated heterocycles. The van der Waals surface area contributed by atoms with Crippen molar-refractivity contribution in [1.29, 1.82) is 5.26 Å². The van der Waals surface area contributed by atoms with Crippen molar-refractivity contribution in [3.8, 4) is 6.07 Å². The Morgan fingerprint density at radius 1 is 1.26 bits per heavy atom. The van der Waals surface area contributed by atoms with E-state index in [1.807, 2.05) is 31.2 Å². The van der Waals surface area contributed by atoms with Crippen LogP contribution in [0.1, 0.15) is 16.7 Å². The van der Waals surface area contributed by atoms with E-state index in [0.717, 1.165) is 21.7 Å². The number of rotatable bonds is 3. The maximum atomic E-state index is 13.2. The molecular weight excluding hydrogens is 259 g/mol. The largest absolute Gasteiger partial charge is 0.398 e. The van der Waals surface area contributed by atoms with E-state index in [-0.39, 0.29) is 5.56 Å². The van der Waals surface area contributed by atoms with Crippen LogP contribution in [0.25, 0.3) is 0 Å². The Morgan fingerprint density at radius 3 is 2.79 bits per heavy atom. The summed E-state index contributed by atoms with van der Waals surface area (Å²) in [6, 6.07) is 12.3. The third-order valence-corrected chi connectivity index (χ3v) is 3.86. The monoisotopic (exact) mass is 272 g/mol. The first-order valence-electron chi connectivity index (χ1n) is 5.77. The summed E-state index contributed by atoms with van der Waals surface area (Å²) in [4.78, 5) is 1.00. The third-order valence-electron chi connectivity index (χ3n) is 2.71. The molecule has 0 heterocycles. The second-order valence-electron chi connectivity index (χ2n) is 4.26. The molecule has 0 saturated carbocycles. The van der Waals surface area contributed by atoms with E-state index in [0.29, 0.717) is 5.75 Å². The van der Waals surface area contributed by atoms with Crippen molar-refractivity contribution < 1.29 is 4.39 Å². The smallest absolute Gasteiger partial charge is 0.140 e. The predicted molar refractivity (Wildman–Crippen MR) is 76.3 cm³/mol. The second-order valence-corrected chi connectivity index (χ2v) is 5.27. The van der Waals surface area contributed by atoms with Crippen molar-refractivity contribution in [3.05, 3.63) is 58.9 Å². The summed E-state index contributed by atoms with van der Waals surface area (Å²) in [6.45, 7) is 2.01. The van der Waals surface area contributed by atoms with Crippen molar-refractivity contribution in [1.82, 2.24) is 0 Å². The molecule has 0 radical (unpaired) electrons. The Hall–Kier alpha value is -1.99. The van der Waals surface area contributed by atoms with E-state index < -0.39 is 5.82 Å². The molecule has 0 aliphatic rings. The lowest BCUT2D eigenvalue weighted by molar-refractivity contribution is 0.623. The SMILES string of the molecule is Cc1ccc(N)c(SCc2ccc(F)c(C#N)c2)c1. The fourth-order valence-corrected chi connectivity index (χ4v) is 2.68. The lowest BCUT2D eigenvalue weighted by atomic mass is 10.1. The van der Waals surface area contributed by atoms with E-state index in [2.05, 4.69) is 0 Å². The van der Waals surface area contributed by atoms with Gasteiger partial charge in [0.2, 0.25) is 0 Å². The molecular formula is C15H13FN2S. The van der Waals surface area contributed by atoms with Gasteiger partial charge in [0.25, 0.3) is 0 Å². The van der Waals surface area contributed by atoms with Gasteiger partial charge in [0.15, 0.2) is 0 Å². The zero-order chi connectivity index (χ0) is 13.8. The van der Waals surface area contributed by atoms with Crippen molar-refractivity contribution in [3.63, 3.8) is 0 Å². The molecule has 2 aromatic rings. The van der Waals surface area contributed by atoms with Crippen molar-refractivity contribution in [2.75, 3.05) is 5.73 Å². The highest BCUT2D eigenvalue weighted by molar-refractivity contribution is 7.98. The number of halogens is 1. The number of anilines is 1. The normalized spacial score (nSPS) is 10.2. The minimum Gasteiger partial charge on any atom is -0.398 e. The summed E-state index contributed by atoms with van der Waals surface area (Å²) in [7, 11) is 0. The number of nitrogens with zero attached hydrogens (tertiary/aromatic N) is 1. The van der Waals surface area contributed by atoms with Crippen LogP contribution in [-0.4, -0.2) is 0 Å². The van der Waals surface area contributed by atoms with Gasteiger partial charge >= 0.3 is 0 Å². The van der Waals surface area contributed by atoms with Crippen LogP contribution in [0.3, 0.4) is 0 Å². The Labute approximate surface area is 116 Å². The van der Waals surface area contributed by atoms with Gasteiger partial charge in [0.1, 0.15) is 11.9 Å². The molecule has 0 spiro atoms. The summed E-state index contributed by atoms with van der Waals surface area (Å²) >= 11 is 1.58. The summed E-state index contributed by atoms with van der Waals surface area (Å²) in [5, 5.41) is 8.79. The predicted octanol–water partition coefficient (Wildman–Crippen LogP) is 3.88. The van der Waals surface area contributed by atoms with Gasteiger partial charge in [-0.2, -0.15) is 5.26 Å². The molecule has 96 valence electrons. The van der Waals surface area contributed by atoms with Crippen LogP contribution >= 0.6 is 11.8 Å². The van der Waals surface area contributed by atoms with Gasteiger partial charge in [0.05, 0.1) is 5.56 Å². The Bertz CT molecular complexity index is 647. The highest BCUT2D eigenvalue weighted by atomic mass is 32.2. The highest BCUT2D eigenvalue weighted by Gasteiger charge is 2.05. The number of benzene rings is 2. The standard InChI is InChI=1S/C15H13FN2S/c1-10-2-5-14(18)15(6-10)19-9-11-3-4-13(16)12(7-11)8-17/h2-7H,9,18H2,1H3. The van der Waals surface area contributed by atoms with E-state index in [9.17, 15) is 4.39 Å². The zero-order valence-corrected chi connectivity index (χ0v) is 11.3. The lowest BCUT2D eigenvalue weighted by Crippen LogP contribution is -1.91. The molecule has 0 bridgehead atoms. The van der Waals surface area contributed by atoms with Crippen LogP contribution < -0.4 is 5.73 Å². The molecule has 0 aliphatic carbocycles. The van der Waals surface area contributed by atoms with E-state index in [4.69, 9.17) is 11.0 Å². The molecule has 0 unspecified atom stereocenters. The van der Waals surface area contributed by atoms with Crippen LogP contribution in [0.2, 0.25) is 0 Å². The highest BCUT2D eigenvalue weighted by Crippen LogP contribution is 2.29. The molecule has 2 aromatic carbocycles. The molecule has 4 heteroatoms. The number of hydrogen-bond donors (Lipinski definition) is 1. The fraction of sp³-hybridized carbons (Fsp3) is 0.133. The van der Waals surface area contributed by atoms with Crippen LogP contribution in [0.15, 0.2) is 41.3 Å². The Kier molecular flexibility index (Phi) is 4.08. The van der Waals surface area contributed by atoms with E-state index in [1.54, 1.807) is 23.9 Å². The number of thioether (sulfide) groups is 1. The molecule has 0 fully saturated rings. The fourth-order valence-electron chi connectivity index (χ4n) is 1.68. The van der Waals surface area contributed by atoms with E-state index >= 15 is 0 Å². The number of nitrogen functional groups attached to an aromatic ring is 1. The lowest BCUT2D eigenvalue weighted by Gasteiger charge is -2.07. The number of nitrogens with two attached hydrogens (primary N) is 1.